The first-order valence-electron chi connectivity index (χ1n) is 7.62. The minimum atomic E-state index is -0.00733. The Morgan fingerprint density at radius 3 is 2.61 bits per heavy atom. The van der Waals surface area contributed by atoms with Crippen molar-refractivity contribution in [2.75, 3.05) is 20.6 Å². The molecule has 0 saturated heterocycles. The van der Waals surface area contributed by atoms with E-state index in [0.717, 1.165) is 4.88 Å². The third-order valence-electron chi connectivity index (χ3n) is 4.01. The van der Waals surface area contributed by atoms with Crippen LogP contribution >= 0.6 is 11.3 Å². The first kappa shape index (κ1) is 15.7. The number of fused-ring (bicyclic) bond motifs is 1. The number of hydrogen-bond acceptors (Lipinski definition) is 3. The molecular weight excluding hydrogens is 304 g/mol. The van der Waals surface area contributed by atoms with Crippen molar-refractivity contribution in [1.82, 2.24) is 10.2 Å². The van der Waals surface area contributed by atoms with Crippen LogP contribution < -0.4 is 5.32 Å². The van der Waals surface area contributed by atoms with Crippen molar-refractivity contribution in [2.24, 2.45) is 0 Å². The van der Waals surface area contributed by atoms with Crippen molar-refractivity contribution in [3.8, 4) is 0 Å². The summed E-state index contributed by atoms with van der Waals surface area (Å²) in [6.07, 6.45) is 0. The Balaban J connectivity index is 1.85. The van der Waals surface area contributed by atoms with Crippen LogP contribution in [0.2, 0.25) is 0 Å². The maximum atomic E-state index is 12.2. The SMILES string of the molecule is CN(C)C(CNC(=O)c1cccs1)c1cccc2ccccc12. The Morgan fingerprint density at radius 2 is 1.87 bits per heavy atom. The second-order valence-corrected chi connectivity index (χ2v) is 6.68. The number of carbonyl (C=O) groups is 1. The van der Waals surface area contributed by atoms with Gasteiger partial charge in [0.05, 0.1) is 10.9 Å². The van der Waals surface area contributed by atoms with Crippen LogP contribution in [-0.2, 0) is 0 Å². The molecule has 0 bridgehead atoms. The number of rotatable bonds is 5. The van der Waals surface area contributed by atoms with Gasteiger partial charge in [-0.05, 0) is 41.9 Å². The zero-order chi connectivity index (χ0) is 16.2. The Kier molecular flexibility index (Phi) is 4.74. The standard InChI is InChI=1S/C19H20N2OS/c1-21(2)17(13-20-19(22)18-11-6-12-23-18)16-10-5-8-14-7-3-4-9-15(14)16/h3-12,17H,13H2,1-2H3,(H,20,22). The lowest BCUT2D eigenvalue weighted by Gasteiger charge is -2.26. The van der Waals surface area contributed by atoms with E-state index in [-0.39, 0.29) is 11.9 Å². The molecule has 0 saturated carbocycles. The average Bonchev–Trinajstić information content (AvgIpc) is 3.09. The highest BCUT2D eigenvalue weighted by atomic mass is 32.1. The fraction of sp³-hybridized carbons (Fsp3) is 0.211. The summed E-state index contributed by atoms with van der Waals surface area (Å²) in [5.41, 5.74) is 1.24. The molecule has 1 N–H and O–H groups in total. The molecule has 3 nitrogen and oxygen atoms in total. The number of hydrogen-bond donors (Lipinski definition) is 1. The minimum Gasteiger partial charge on any atom is -0.349 e. The number of benzene rings is 2. The molecular formula is C19H20N2OS. The number of thiophene rings is 1. The summed E-state index contributed by atoms with van der Waals surface area (Å²) in [6, 6.07) is 18.6. The predicted octanol–water partition coefficient (Wildman–Crippen LogP) is 3.93. The topological polar surface area (TPSA) is 32.3 Å². The van der Waals surface area contributed by atoms with Gasteiger partial charge in [-0.2, -0.15) is 0 Å². The van der Waals surface area contributed by atoms with Crippen molar-refractivity contribution in [3.63, 3.8) is 0 Å². The summed E-state index contributed by atoms with van der Waals surface area (Å²) >= 11 is 1.46. The summed E-state index contributed by atoms with van der Waals surface area (Å²) in [6.45, 7) is 0.581. The Morgan fingerprint density at radius 1 is 1.09 bits per heavy atom. The molecule has 3 rings (SSSR count). The molecule has 0 aliphatic carbocycles. The molecule has 118 valence electrons. The fourth-order valence-corrected chi connectivity index (χ4v) is 3.44. The molecule has 0 radical (unpaired) electrons. The summed E-state index contributed by atoms with van der Waals surface area (Å²) in [5, 5.41) is 7.44. The number of amides is 1. The van der Waals surface area contributed by atoms with Gasteiger partial charge in [-0.25, -0.2) is 0 Å². The van der Waals surface area contributed by atoms with Gasteiger partial charge < -0.3 is 10.2 Å². The van der Waals surface area contributed by atoms with Crippen molar-refractivity contribution < 1.29 is 4.79 Å². The van der Waals surface area contributed by atoms with E-state index >= 15 is 0 Å². The Hall–Kier alpha value is -2.17. The van der Waals surface area contributed by atoms with Crippen LogP contribution in [0.4, 0.5) is 0 Å². The molecule has 0 spiro atoms. The maximum absolute atomic E-state index is 12.2. The first-order valence-corrected chi connectivity index (χ1v) is 8.50. The van der Waals surface area contributed by atoms with Gasteiger partial charge in [0.2, 0.25) is 0 Å². The normalized spacial score (nSPS) is 12.5. The molecule has 1 amide bonds. The number of carbonyl (C=O) groups excluding carboxylic acids is 1. The van der Waals surface area contributed by atoms with E-state index in [4.69, 9.17) is 0 Å². The first-order chi connectivity index (χ1) is 11.2. The van der Waals surface area contributed by atoms with Gasteiger partial charge >= 0.3 is 0 Å². The molecule has 1 unspecified atom stereocenters. The summed E-state index contributed by atoms with van der Waals surface area (Å²) < 4.78 is 0. The number of nitrogens with zero attached hydrogens (tertiary/aromatic N) is 1. The van der Waals surface area contributed by atoms with Gasteiger partial charge in [0, 0.05) is 6.54 Å². The second kappa shape index (κ2) is 6.94. The summed E-state index contributed by atoms with van der Waals surface area (Å²) in [7, 11) is 4.09. The summed E-state index contributed by atoms with van der Waals surface area (Å²) in [5.74, 6) is -0.00733. The van der Waals surface area contributed by atoms with E-state index in [0.29, 0.717) is 6.54 Å². The lowest BCUT2D eigenvalue weighted by molar-refractivity contribution is 0.0946. The molecule has 4 heteroatoms. The monoisotopic (exact) mass is 324 g/mol. The minimum absolute atomic E-state index is 0.00733. The van der Waals surface area contributed by atoms with Crippen LogP contribution in [0.3, 0.4) is 0 Å². The Bertz CT molecular complexity index is 791. The van der Waals surface area contributed by atoms with Crippen LogP contribution in [0.5, 0.6) is 0 Å². The molecule has 0 fully saturated rings. The van der Waals surface area contributed by atoms with Crippen molar-refractivity contribution >= 4 is 28.0 Å². The number of likely N-dealkylation sites (N-methyl/N-ethyl adjacent to an activating group) is 1. The largest absolute Gasteiger partial charge is 0.349 e. The van der Waals surface area contributed by atoms with Crippen molar-refractivity contribution in [1.29, 1.82) is 0 Å². The van der Waals surface area contributed by atoms with E-state index in [1.54, 1.807) is 0 Å². The van der Waals surface area contributed by atoms with Crippen LogP contribution in [0, 0.1) is 0 Å². The molecule has 1 aromatic heterocycles. The average molecular weight is 324 g/mol. The highest BCUT2D eigenvalue weighted by molar-refractivity contribution is 7.12. The third-order valence-corrected chi connectivity index (χ3v) is 4.88. The van der Waals surface area contributed by atoms with E-state index in [2.05, 4.69) is 52.7 Å². The highest BCUT2D eigenvalue weighted by Gasteiger charge is 2.18. The lowest BCUT2D eigenvalue weighted by Crippen LogP contribution is -2.34. The molecule has 0 aliphatic heterocycles. The zero-order valence-electron chi connectivity index (χ0n) is 13.3. The van der Waals surface area contributed by atoms with Crippen LogP contribution in [0.25, 0.3) is 10.8 Å². The second-order valence-electron chi connectivity index (χ2n) is 5.74. The van der Waals surface area contributed by atoms with Crippen LogP contribution in [0.15, 0.2) is 60.0 Å². The molecule has 23 heavy (non-hydrogen) atoms. The molecule has 1 heterocycles. The van der Waals surface area contributed by atoms with Crippen LogP contribution in [-0.4, -0.2) is 31.4 Å². The van der Waals surface area contributed by atoms with E-state index < -0.39 is 0 Å². The van der Waals surface area contributed by atoms with Crippen molar-refractivity contribution in [3.05, 3.63) is 70.4 Å². The van der Waals surface area contributed by atoms with Gasteiger partial charge in [-0.1, -0.05) is 48.5 Å². The zero-order valence-corrected chi connectivity index (χ0v) is 14.1. The maximum Gasteiger partial charge on any atom is 0.261 e. The third kappa shape index (κ3) is 3.44. The lowest BCUT2D eigenvalue weighted by atomic mass is 9.98. The number of nitrogens with one attached hydrogen (secondary N) is 1. The van der Waals surface area contributed by atoms with Gasteiger partial charge in [-0.3, -0.25) is 4.79 Å². The highest BCUT2D eigenvalue weighted by Crippen LogP contribution is 2.26. The van der Waals surface area contributed by atoms with E-state index in [1.165, 1.54) is 27.7 Å². The molecule has 0 aliphatic rings. The smallest absolute Gasteiger partial charge is 0.261 e. The van der Waals surface area contributed by atoms with Crippen LogP contribution in [0.1, 0.15) is 21.3 Å². The fourth-order valence-electron chi connectivity index (χ4n) is 2.80. The van der Waals surface area contributed by atoms with E-state index in [9.17, 15) is 4.79 Å². The molecule has 1 atom stereocenters. The van der Waals surface area contributed by atoms with Gasteiger partial charge in [0.1, 0.15) is 0 Å². The van der Waals surface area contributed by atoms with E-state index in [1.807, 2.05) is 31.6 Å². The quantitative estimate of drug-likeness (QED) is 0.771. The van der Waals surface area contributed by atoms with Gasteiger partial charge in [0.25, 0.3) is 5.91 Å². The molecule has 2 aromatic carbocycles. The van der Waals surface area contributed by atoms with Crippen molar-refractivity contribution in [2.45, 2.75) is 6.04 Å². The predicted molar refractivity (Wildman–Crippen MR) is 97.0 cm³/mol. The molecule has 3 aromatic rings. The van der Waals surface area contributed by atoms with Gasteiger partial charge in [0.15, 0.2) is 0 Å². The van der Waals surface area contributed by atoms with Gasteiger partial charge in [-0.15, -0.1) is 11.3 Å². The summed E-state index contributed by atoms with van der Waals surface area (Å²) in [4.78, 5) is 15.1. The Labute approximate surface area is 140 Å².